The number of fused-ring (bicyclic) bond motifs is 1. The summed E-state index contributed by atoms with van der Waals surface area (Å²) in [7, 11) is 0. The summed E-state index contributed by atoms with van der Waals surface area (Å²) < 4.78 is 1.64. The Bertz CT molecular complexity index is 1110. The number of nitrogens with zero attached hydrogens (tertiary/aromatic N) is 3. The maximum atomic E-state index is 11.7. The van der Waals surface area contributed by atoms with E-state index in [2.05, 4.69) is 10.3 Å². The van der Waals surface area contributed by atoms with Crippen LogP contribution in [0, 0.1) is 0 Å². The van der Waals surface area contributed by atoms with E-state index >= 15 is 0 Å². The second-order valence-corrected chi connectivity index (χ2v) is 7.31. The van der Waals surface area contributed by atoms with Gasteiger partial charge >= 0.3 is 0 Å². The molecule has 140 valence electrons. The minimum Gasteiger partial charge on any atom is -0.378 e. The molecule has 0 saturated heterocycles. The minimum atomic E-state index is -1.44. The van der Waals surface area contributed by atoms with Crippen LogP contribution in [0.1, 0.15) is 11.1 Å². The quantitative estimate of drug-likeness (QED) is 0.466. The van der Waals surface area contributed by atoms with E-state index in [0.717, 1.165) is 11.0 Å². The first-order valence-corrected chi connectivity index (χ1v) is 9.57. The second-order valence-electron chi connectivity index (χ2n) is 6.41. The highest BCUT2D eigenvalue weighted by Gasteiger charge is 2.38. The monoisotopic (exact) mass is 409 g/mol. The standard InChI is InChI=1S/C22H17Cl2N3O/c23-18-12-10-17(11-13-18)22(28,16-6-2-1-3-7-16)21(24)14-15-27-20-9-5-4-8-19(20)25-26-27/h1-15,21,28H. The summed E-state index contributed by atoms with van der Waals surface area (Å²) >= 11 is 12.8. The smallest absolute Gasteiger partial charge is 0.134 e. The summed E-state index contributed by atoms with van der Waals surface area (Å²) in [5.41, 5.74) is 1.54. The van der Waals surface area contributed by atoms with Gasteiger partial charge in [-0.1, -0.05) is 71.4 Å². The van der Waals surface area contributed by atoms with Crippen LogP contribution in [-0.4, -0.2) is 25.5 Å². The second kappa shape index (κ2) is 7.76. The van der Waals surface area contributed by atoms with E-state index < -0.39 is 11.0 Å². The largest absolute Gasteiger partial charge is 0.378 e. The normalized spacial score (nSPS) is 15.0. The molecule has 0 aliphatic rings. The Kier molecular flexibility index (Phi) is 5.18. The van der Waals surface area contributed by atoms with Gasteiger partial charge in [0, 0.05) is 11.2 Å². The fourth-order valence-electron chi connectivity index (χ4n) is 3.17. The van der Waals surface area contributed by atoms with Crippen molar-refractivity contribution in [3.8, 4) is 0 Å². The molecule has 4 aromatic rings. The van der Waals surface area contributed by atoms with Crippen LogP contribution < -0.4 is 0 Å². The Morgan fingerprint density at radius 1 is 0.893 bits per heavy atom. The van der Waals surface area contributed by atoms with Gasteiger partial charge in [-0.25, -0.2) is 4.68 Å². The lowest BCUT2D eigenvalue weighted by atomic mass is 9.83. The summed E-state index contributed by atoms with van der Waals surface area (Å²) in [5, 5.41) is 19.8. The van der Waals surface area contributed by atoms with Gasteiger partial charge in [0.15, 0.2) is 0 Å². The van der Waals surface area contributed by atoms with Crippen molar-refractivity contribution in [2.45, 2.75) is 11.0 Å². The van der Waals surface area contributed by atoms with E-state index in [-0.39, 0.29) is 0 Å². The molecule has 1 aromatic heterocycles. The van der Waals surface area contributed by atoms with Gasteiger partial charge in [-0.2, -0.15) is 0 Å². The molecule has 6 heteroatoms. The van der Waals surface area contributed by atoms with Crippen LogP contribution in [0.2, 0.25) is 5.02 Å². The van der Waals surface area contributed by atoms with Crippen LogP contribution in [0.25, 0.3) is 17.2 Å². The molecule has 3 aromatic carbocycles. The lowest BCUT2D eigenvalue weighted by Crippen LogP contribution is -2.36. The molecular formula is C22H17Cl2N3O. The molecule has 0 bridgehead atoms. The topological polar surface area (TPSA) is 50.9 Å². The van der Waals surface area contributed by atoms with E-state index in [4.69, 9.17) is 23.2 Å². The predicted molar refractivity (Wildman–Crippen MR) is 113 cm³/mol. The maximum Gasteiger partial charge on any atom is 0.134 e. The highest BCUT2D eigenvalue weighted by atomic mass is 35.5. The maximum absolute atomic E-state index is 11.7. The van der Waals surface area contributed by atoms with Gasteiger partial charge in [0.05, 0.1) is 10.9 Å². The minimum absolute atomic E-state index is 0.593. The van der Waals surface area contributed by atoms with Crippen LogP contribution >= 0.6 is 23.2 Å². The lowest BCUT2D eigenvalue weighted by molar-refractivity contribution is 0.0878. The van der Waals surface area contributed by atoms with E-state index in [0.29, 0.717) is 16.1 Å². The van der Waals surface area contributed by atoms with Crippen LogP contribution in [0.15, 0.2) is 84.9 Å². The van der Waals surface area contributed by atoms with Crippen molar-refractivity contribution < 1.29 is 5.11 Å². The third-order valence-corrected chi connectivity index (χ3v) is 5.38. The van der Waals surface area contributed by atoms with Gasteiger partial charge < -0.3 is 5.11 Å². The highest BCUT2D eigenvalue weighted by molar-refractivity contribution is 6.30. The molecule has 0 aliphatic heterocycles. The fourth-order valence-corrected chi connectivity index (χ4v) is 3.62. The molecule has 1 heterocycles. The molecule has 0 aliphatic carbocycles. The molecular weight excluding hydrogens is 393 g/mol. The third kappa shape index (κ3) is 3.42. The van der Waals surface area contributed by atoms with Gasteiger partial charge in [-0.3, -0.25) is 0 Å². The zero-order chi connectivity index (χ0) is 19.6. The zero-order valence-corrected chi connectivity index (χ0v) is 16.3. The van der Waals surface area contributed by atoms with Crippen LogP contribution in [0.5, 0.6) is 0 Å². The summed E-state index contributed by atoms with van der Waals surface area (Å²) in [6.45, 7) is 0. The molecule has 4 rings (SSSR count). The summed E-state index contributed by atoms with van der Waals surface area (Å²) in [6.07, 6.45) is 3.43. The van der Waals surface area contributed by atoms with Gasteiger partial charge in [0.25, 0.3) is 0 Å². The van der Waals surface area contributed by atoms with Gasteiger partial charge in [-0.15, -0.1) is 16.7 Å². The van der Waals surface area contributed by atoms with Crippen LogP contribution in [0.4, 0.5) is 0 Å². The van der Waals surface area contributed by atoms with Crippen molar-refractivity contribution in [3.63, 3.8) is 0 Å². The number of aromatic nitrogens is 3. The molecule has 0 spiro atoms. The van der Waals surface area contributed by atoms with E-state index in [1.807, 2.05) is 54.6 Å². The number of benzene rings is 3. The Labute approximate surface area is 172 Å². The average molecular weight is 410 g/mol. The number of rotatable bonds is 5. The Morgan fingerprint density at radius 3 is 2.29 bits per heavy atom. The molecule has 2 unspecified atom stereocenters. The average Bonchev–Trinajstić information content (AvgIpc) is 3.15. The first kappa shape index (κ1) is 18.7. The van der Waals surface area contributed by atoms with Gasteiger partial charge in [0.1, 0.15) is 11.1 Å². The Balaban J connectivity index is 1.75. The Morgan fingerprint density at radius 2 is 1.54 bits per heavy atom. The number of aliphatic hydroxyl groups is 1. The Hall–Kier alpha value is -2.66. The molecule has 4 nitrogen and oxygen atoms in total. The molecule has 2 atom stereocenters. The summed E-state index contributed by atoms with van der Waals surface area (Å²) in [4.78, 5) is 0. The first-order chi connectivity index (χ1) is 13.6. The number of alkyl halides is 1. The van der Waals surface area contributed by atoms with Crippen LogP contribution in [0.3, 0.4) is 0 Å². The first-order valence-electron chi connectivity index (χ1n) is 8.75. The number of para-hydroxylation sites is 1. The number of hydrogen-bond donors (Lipinski definition) is 1. The number of hydrogen-bond acceptors (Lipinski definition) is 3. The lowest BCUT2D eigenvalue weighted by Gasteiger charge is -2.32. The summed E-state index contributed by atoms with van der Waals surface area (Å²) in [6, 6.07) is 24.0. The molecule has 0 amide bonds. The van der Waals surface area contributed by atoms with Gasteiger partial charge in [-0.05, 0) is 41.5 Å². The van der Waals surface area contributed by atoms with E-state index in [1.165, 1.54) is 0 Å². The van der Waals surface area contributed by atoms with Crippen molar-refractivity contribution in [3.05, 3.63) is 101 Å². The van der Waals surface area contributed by atoms with Crippen molar-refractivity contribution in [2.24, 2.45) is 0 Å². The van der Waals surface area contributed by atoms with Crippen molar-refractivity contribution in [2.75, 3.05) is 0 Å². The molecule has 0 radical (unpaired) electrons. The SMILES string of the molecule is OC(c1ccccc1)(c1ccc(Cl)cc1)C(Cl)C=Cn1nnc2ccccc21. The fraction of sp³-hybridized carbons (Fsp3) is 0.0909. The van der Waals surface area contributed by atoms with E-state index in [1.54, 1.807) is 41.2 Å². The van der Waals surface area contributed by atoms with Crippen molar-refractivity contribution in [1.82, 2.24) is 15.0 Å². The van der Waals surface area contributed by atoms with Gasteiger partial charge in [0.2, 0.25) is 0 Å². The molecule has 0 saturated carbocycles. The van der Waals surface area contributed by atoms with Crippen LogP contribution in [-0.2, 0) is 5.60 Å². The van der Waals surface area contributed by atoms with Crippen molar-refractivity contribution in [1.29, 1.82) is 0 Å². The highest BCUT2D eigenvalue weighted by Crippen LogP contribution is 2.37. The summed E-state index contributed by atoms with van der Waals surface area (Å²) in [5.74, 6) is 0. The van der Waals surface area contributed by atoms with E-state index in [9.17, 15) is 5.11 Å². The molecule has 1 N–H and O–H groups in total. The molecule has 0 fully saturated rings. The molecule has 28 heavy (non-hydrogen) atoms. The number of halogens is 2. The van der Waals surface area contributed by atoms with Crippen molar-refractivity contribution >= 4 is 40.4 Å². The third-order valence-electron chi connectivity index (χ3n) is 4.67. The zero-order valence-electron chi connectivity index (χ0n) is 14.8. The predicted octanol–water partition coefficient (Wildman–Crippen LogP) is 5.10.